The van der Waals surface area contributed by atoms with Crippen LogP contribution in [0.1, 0.15) is 18.5 Å². The molecule has 0 aliphatic heterocycles. The summed E-state index contributed by atoms with van der Waals surface area (Å²) in [7, 11) is 1.57. The molecule has 0 unspecified atom stereocenters. The van der Waals surface area contributed by atoms with Gasteiger partial charge in [-0.15, -0.1) is 10.2 Å². The van der Waals surface area contributed by atoms with Gasteiger partial charge in [-0.3, -0.25) is 4.79 Å². The number of nitrogens with zero attached hydrogens (tertiary/aromatic N) is 3. The van der Waals surface area contributed by atoms with Crippen molar-refractivity contribution in [2.75, 3.05) is 18.5 Å². The van der Waals surface area contributed by atoms with Crippen molar-refractivity contribution >= 4 is 11.7 Å². The van der Waals surface area contributed by atoms with E-state index in [1.165, 1.54) is 11.0 Å². The van der Waals surface area contributed by atoms with E-state index >= 15 is 0 Å². The van der Waals surface area contributed by atoms with E-state index in [0.717, 1.165) is 18.9 Å². The third-order valence-electron chi connectivity index (χ3n) is 2.66. The van der Waals surface area contributed by atoms with Crippen molar-refractivity contribution in [1.29, 1.82) is 0 Å². The van der Waals surface area contributed by atoms with Crippen LogP contribution in [0.15, 0.2) is 12.1 Å². The lowest BCUT2D eigenvalue weighted by molar-refractivity contribution is -0.141. The van der Waals surface area contributed by atoms with Crippen molar-refractivity contribution in [2.45, 2.75) is 25.1 Å². The fourth-order valence-electron chi connectivity index (χ4n) is 1.48. The lowest BCUT2D eigenvalue weighted by Gasteiger charge is -2.17. The van der Waals surface area contributed by atoms with Crippen LogP contribution in [0.25, 0.3) is 0 Å². The summed E-state index contributed by atoms with van der Waals surface area (Å²) < 4.78 is 36.9. The molecule has 2 rings (SSSR count). The van der Waals surface area contributed by atoms with Crippen LogP contribution in [-0.4, -0.2) is 35.7 Å². The number of hydrogen-bond donors (Lipinski definition) is 1. The van der Waals surface area contributed by atoms with Crippen LogP contribution in [-0.2, 0) is 11.0 Å². The first-order chi connectivity index (χ1) is 8.86. The first kappa shape index (κ1) is 13.6. The molecule has 0 atom stereocenters. The van der Waals surface area contributed by atoms with E-state index in [-0.39, 0.29) is 24.3 Å². The molecule has 104 valence electrons. The molecule has 19 heavy (non-hydrogen) atoms. The fraction of sp³-hybridized carbons (Fsp3) is 0.545. The number of carbonyl (C=O) groups excluding carboxylic acids is 1. The Labute approximate surface area is 107 Å². The highest BCUT2D eigenvalue weighted by atomic mass is 19.4. The second-order valence-corrected chi connectivity index (χ2v) is 4.47. The van der Waals surface area contributed by atoms with E-state index in [1.807, 2.05) is 0 Å². The molecule has 1 saturated carbocycles. The van der Waals surface area contributed by atoms with Gasteiger partial charge in [0.25, 0.3) is 0 Å². The summed E-state index contributed by atoms with van der Waals surface area (Å²) in [6.07, 6.45) is -2.54. The zero-order valence-electron chi connectivity index (χ0n) is 10.2. The van der Waals surface area contributed by atoms with Crippen molar-refractivity contribution in [2.24, 2.45) is 0 Å². The van der Waals surface area contributed by atoms with Crippen LogP contribution in [0.4, 0.5) is 19.0 Å². The Morgan fingerprint density at radius 1 is 1.42 bits per heavy atom. The molecule has 5 nitrogen and oxygen atoms in total. The average molecular weight is 274 g/mol. The summed E-state index contributed by atoms with van der Waals surface area (Å²) >= 11 is 0. The van der Waals surface area contributed by atoms with Gasteiger partial charge >= 0.3 is 6.18 Å². The zero-order chi connectivity index (χ0) is 14.0. The summed E-state index contributed by atoms with van der Waals surface area (Å²) in [5.41, 5.74) is -1.05. The number of aromatic nitrogens is 2. The maximum absolute atomic E-state index is 12.3. The van der Waals surface area contributed by atoms with Gasteiger partial charge < -0.3 is 10.2 Å². The largest absolute Gasteiger partial charge is 0.435 e. The number of alkyl halides is 3. The van der Waals surface area contributed by atoms with E-state index in [0.29, 0.717) is 0 Å². The summed E-state index contributed by atoms with van der Waals surface area (Å²) in [4.78, 5) is 13.0. The van der Waals surface area contributed by atoms with Crippen LogP contribution >= 0.6 is 0 Å². The number of hydrogen-bond acceptors (Lipinski definition) is 4. The third-order valence-corrected chi connectivity index (χ3v) is 2.66. The molecule has 1 aromatic heterocycles. The number of rotatable bonds is 4. The highest BCUT2D eigenvalue weighted by Gasteiger charge is 2.33. The molecular weight excluding hydrogens is 261 g/mol. The van der Waals surface area contributed by atoms with Gasteiger partial charge in [0.1, 0.15) is 0 Å². The quantitative estimate of drug-likeness (QED) is 0.896. The van der Waals surface area contributed by atoms with Gasteiger partial charge in [0, 0.05) is 13.1 Å². The van der Waals surface area contributed by atoms with Crippen LogP contribution in [0.2, 0.25) is 0 Å². The summed E-state index contributed by atoms with van der Waals surface area (Å²) in [6, 6.07) is 2.29. The molecule has 1 aliphatic rings. The van der Waals surface area contributed by atoms with E-state index in [1.54, 1.807) is 7.05 Å². The van der Waals surface area contributed by atoms with Crippen molar-refractivity contribution in [3.8, 4) is 0 Å². The van der Waals surface area contributed by atoms with Gasteiger partial charge in [-0.25, -0.2) is 0 Å². The van der Waals surface area contributed by atoms with Gasteiger partial charge in [0.2, 0.25) is 5.91 Å². The highest BCUT2D eigenvalue weighted by molar-refractivity contribution is 5.81. The monoisotopic (exact) mass is 274 g/mol. The minimum atomic E-state index is -4.51. The molecule has 1 aliphatic carbocycles. The van der Waals surface area contributed by atoms with E-state index < -0.39 is 11.9 Å². The Balaban J connectivity index is 1.94. The van der Waals surface area contributed by atoms with Crippen LogP contribution < -0.4 is 10.2 Å². The predicted octanol–water partition coefficient (Wildman–Crippen LogP) is 1.21. The summed E-state index contributed by atoms with van der Waals surface area (Å²) in [6.45, 7) is 0.0382. The Bertz CT molecular complexity index is 456. The summed E-state index contributed by atoms with van der Waals surface area (Å²) in [5.74, 6) is 0.0469. The van der Waals surface area contributed by atoms with Crippen molar-refractivity contribution in [3.05, 3.63) is 17.8 Å². The molecule has 1 amide bonds. The number of carbonyl (C=O) groups is 1. The first-order valence-corrected chi connectivity index (χ1v) is 5.77. The molecule has 1 heterocycles. The molecule has 8 heteroatoms. The molecular formula is C11H13F3N4O. The Morgan fingerprint density at radius 2 is 2.11 bits per heavy atom. The average Bonchev–Trinajstić information content (AvgIpc) is 3.11. The van der Waals surface area contributed by atoms with Crippen LogP contribution in [0.5, 0.6) is 0 Å². The number of halogens is 3. The number of nitrogens with one attached hydrogen (secondary N) is 1. The fourth-order valence-corrected chi connectivity index (χ4v) is 1.48. The third kappa shape index (κ3) is 3.80. The van der Waals surface area contributed by atoms with Gasteiger partial charge in [0.05, 0.1) is 6.54 Å². The molecule has 1 N–H and O–H groups in total. The zero-order valence-corrected chi connectivity index (χ0v) is 10.2. The Hall–Kier alpha value is -1.86. The molecule has 1 aromatic rings. The molecule has 0 saturated heterocycles. The molecule has 0 aromatic carbocycles. The standard InChI is InChI=1S/C11H13F3N4O/c1-18(6-10(19)15-7-2-3-7)9-5-4-8(16-17-9)11(12,13)14/h4-5,7H,2-3,6H2,1H3,(H,15,19). The van der Waals surface area contributed by atoms with E-state index in [4.69, 9.17) is 0 Å². The van der Waals surface area contributed by atoms with Gasteiger partial charge in [-0.1, -0.05) is 0 Å². The second-order valence-electron chi connectivity index (χ2n) is 4.47. The molecule has 0 radical (unpaired) electrons. The van der Waals surface area contributed by atoms with Gasteiger partial charge in [0.15, 0.2) is 11.5 Å². The first-order valence-electron chi connectivity index (χ1n) is 5.77. The molecule has 0 bridgehead atoms. The van der Waals surface area contributed by atoms with E-state index in [9.17, 15) is 18.0 Å². The summed E-state index contributed by atoms with van der Waals surface area (Å²) in [5, 5.41) is 9.35. The van der Waals surface area contributed by atoms with E-state index in [2.05, 4.69) is 15.5 Å². The maximum Gasteiger partial charge on any atom is 0.435 e. The predicted molar refractivity (Wildman–Crippen MR) is 61.5 cm³/mol. The van der Waals surface area contributed by atoms with Gasteiger partial charge in [-0.05, 0) is 25.0 Å². The van der Waals surface area contributed by atoms with Gasteiger partial charge in [-0.2, -0.15) is 13.2 Å². The second kappa shape index (κ2) is 5.02. The Morgan fingerprint density at radius 3 is 2.58 bits per heavy atom. The molecule has 0 spiro atoms. The van der Waals surface area contributed by atoms with Crippen LogP contribution in [0, 0.1) is 0 Å². The lowest BCUT2D eigenvalue weighted by Crippen LogP contribution is -2.36. The minimum Gasteiger partial charge on any atom is -0.352 e. The van der Waals surface area contributed by atoms with Crippen LogP contribution in [0.3, 0.4) is 0 Å². The number of likely N-dealkylation sites (N-methyl/N-ethyl adjacent to an activating group) is 1. The lowest BCUT2D eigenvalue weighted by atomic mass is 10.3. The van der Waals surface area contributed by atoms with Crippen molar-refractivity contribution < 1.29 is 18.0 Å². The highest BCUT2D eigenvalue weighted by Crippen LogP contribution is 2.27. The van der Waals surface area contributed by atoms with Crippen molar-refractivity contribution in [3.63, 3.8) is 0 Å². The SMILES string of the molecule is CN(CC(=O)NC1CC1)c1ccc(C(F)(F)F)nn1. The topological polar surface area (TPSA) is 58.1 Å². The maximum atomic E-state index is 12.3. The normalized spacial score (nSPS) is 15.2. The van der Waals surface area contributed by atoms with Crippen molar-refractivity contribution in [1.82, 2.24) is 15.5 Å². The number of anilines is 1. The smallest absolute Gasteiger partial charge is 0.352 e. The number of amides is 1. The minimum absolute atomic E-state index is 0.0382. The molecule has 1 fully saturated rings. The Kier molecular flexibility index (Phi) is 3.59.